The molecular weight excluding hydrogens is 305 g/mol. The fourth-order valence-electron chi connectivity index (χ4n) is 1.56. The predicted molar refractivity (Wildman–Crippen MR) is 79.6 cm³/mol. The van der Waals surface area contributed by atoms with Crippen molar-refractivity contribution in [3.8, 4) is 0 Å². The van der Waals surface area contributed by atoms with Gasteiger partial charge >= 0.3 is 0 Å². The van der Waals surface area contributed by atoms with Crippen LogP contribution < -0.4 is 10.6 Å². The van der Waals surface area contributed by atoms with Gasteiger partial charge in [0.1, 0.15) is 0 Å². The standard InChI is InChI=1S/C12H20ClN3O3.ClH/c1-9-10(12(13)19-16-9)3-4-11(17)15-6-5-14-7-8-18-2;/h14H,3-8H2,1-2H3,(H,15,17);1H. The van der Waals surface area contributed by atoms with Gasteiger partial charge in [0, 0.05) is 38.7 Å². The third-order valence-corrected chi connectivity index (χ3v) is 2.94. The van der Waals surface area contributed by atoms with Gasteiger partial charge in [0.25, 0.3) is 0 Å². The molecule has 0 spiro atoms. The summed E-state index contributed by atoms with van der Waals surface area (Å²) >= 11 is 5.82. The second kappa shape index (κ2) is 10.9. The number of aryl methyl sites for hydroxylation is 1. The van der Waals surface area contributed by atoms with Gasteiger partial charge in [0.05, 0.1) is 12.3 Å². The second-order valence-electron chi connectivity index (χ2n) is 4.11. The van der Waals surface area contributed by atoms with E-state index in [1.807, 2.05) is 6.92 Å². The summed E-state index contributed by atoms with van der Waals surface area (Å²) in [5.41, 5.74) is 1.54. The van der Waals surface area contributed by atoms with E-state index in [0.717, 1.165) is 24.3 Å². The molecule has 0 atom stereocenters. The van der Waals surface area contributed by atoms with Gasteiger partial charge in [0.15, 0.2) is 0 Å². The van der Waals surface area contributed by atoms with Gasteiger partial charge in [-0.3, -0.25) is 4.79 Å². The molecule has 1 aromatic heterocycles. The van der Waals surface area contributed by atoms with Gasteiger partial charge in [-0.2, -0.15) is 0 Å². The zero-order valence-corrected chi connectivity index (χ0v) is 13.3. The van der Waals surface area contributed by atoms with Crippen molar-refractivity contribution in [3.05, 3.63) is 16.5 Å². The van der Waals surface area contributed by atoms with E-state index in [4.69, 9.17) is 20.9 Å². The van der Waals surface area contributed by atoms with E-state index in [2.05, 4.69) is 15.8 Å². The lowest BCUT2D eigenvalue weighted by Gasteiger charge is -2.06. The van der Waals surface area contributed by atoms with Gasteiger partial charge < -0.3 is 19.9 Å². The largest absolute Gasteiger partial charge is 0.383 e. The van der Waals surface area contributed by atoms with Crippen molar-refractivity contribution in [2.24, 2.45) is 0 Å². The third-order valence-electron chi connectivity index (χ3n) is 2.65. The summed E-state index contributed by atoms with van der Waals surface area (Å²) in [5, 5.41) is 9.98. The number of methoxy groups -OCH3 is 1. The maximum Gasteiger partial charge on any atom is 0.229 e. The van der Waals surface area contributed by atoms with Crippen LogP contribution in [0.3, 0.4) is 0 Å². The van der Waals surface area contributed by atoms with Crippen molar-refractivity contribution in [3.63, 3.8) is 0 Å². The number of aromatic nitrogens is 1. The lowest BCUT2D eigenvalue weighted by Crippen LogP contribution is -2.33. The average molecular weight is 326 g/mol. The molecule has 0 unspecified atom stereocenters. The number of carbonyl (C=O) groups excluding carboxylic acids is 1. The molecule has 0 saturated carbocycles. The van der Waals surface area contributed by atoms with Gasteiger partial charge in [-0.15, -0.1) is 12.4 Å². The van der Waals surface area contributed by atoms with E-state index in [0.29, 0.717) is 26.0 Å². The van der Waals surface area contributed by atoms with Crippen LogP contribution in [0.2, 0.25) is 5.22 Å². The third kappa shape index (κ3) is 7.09. The monoisotopic (exact) mass is 325 g/mol. The van der Waals surface area contributed by atoms with Crippen molar-refractivity contribution in [2.45, 2.75) is 19.8 Å². The molecule has 1 heterocycles. The Kier molecular flexibility index (Phi) is 10.5. The van der Waals surface area contributed by atoms with Crippen LogP contribution in [0.15, 0.2) is 4.52 Å². The number of nitrogens with one attached hydrogen (secondary N) is 2. The average Bonchev–Trinajstić information content (AvgIpc) is 2.71. The topological polar surface area (TPSA) is 76.4 Å². The van der Waals surface area contributed by atoms with Gasteiger partial charge in [-0.25, -0.2) is 0 Å². The summed E-state index contributed by atoms with van der Waals surface area (Å²) in [7, 11) is 1.65. The van der Waals surface area contributed by atoms with E-state index in [1.165, 1.54) is 0 Å². The van der Waals surface area contributed by atoms with Crippen molar-refractivity contribution in [2.75, 3.05) is 33.4 Å². The Bertz CT molecular complexity index is 380. The first-order valence-electron chi connectivity index (χ1n) is 6.22. The Morgan fingerprint density at radius 2 is 2.15 bits per heavy atom. The van der Waals surface area contributed by atoms with Crippen LogP contribution >= 0.6 is 24.0 Å². The van der Waals surface area contributed by atoms with E-state index < -0.39 is 0 Å². The maximum absolute atomic E-state index is 11.6. The molecule has 0 saturated heterocycles. The summed E-state index contributed by atoms with van der Waals surface area (Å²) in [6.07, 6.45) is 0.914. The highest BCUT2D eigenvalue weighted by Gasteiger charge is 2.12. The molecule has 0 bridgehead atoms. The number of rotatable bonds is 9. The lowest BCUT2D eigenvalue weighted by molar-refractivity contribution is -0.121. The number of hydrogen-bond acceptors (Lipinski definition) is 5. The number of nitrogens with zero attached hydrogens (tertiary/aromatic N) is 1. The zero-order valence-electron chi connectivity index (χ0n) is 11.7. The predicted octanol–water partition coefficient (Wildman–Crippen LogP) is 1.34. The first kappa shape index (κ1) is 19.2. The molecule has 1 aromatic rings. The Hall–Kier alpha value is -0.820. The molecule has 0 radical (unpaired) electrons. The van der Waals surface area contributed by atoms with Gasteiger partial charge in [0.2, 0.25) is 11.1 Å². The van der Waals surface area contributed by atoms with Crippen molar-refractivity contribution in [1.29, 1.82) is 0 Å². The fraction of sp³-hybridized carbons (Fsp3) is 0.667. The van der Waals surface area contributed by atoms with Crippen LogP contribution in [0.25, 0.3) is 0 Å². The molecule has 0 aromatic carbocycles. The zero-order chi connectivity index (χ0) is 14.1. The minimum Gasteiger partial charge on any atom is -0.383 e. The summed E-state index contributed by atoms with van der Waals surface area (Å²) < 4.78 is 9.72. The molecule has 0 aliphatic carbocycles. The Labute approximate surface area is 130 Å². The molecule has 1 amide bonds. The van der Waals surface area contributed by atoms with Crippen LogP contribution in [0, 0.1) is 6.92 Å². The maximum atomic E-state index is 11.6. The number of halogens is 2. The quantitative estimate of drug-likeness (QED) is 0.670. The van der Waals surface area contributed by atoms with Gasteiger partial charge in [-0.1, -0.05) is 5.16 Å². The van der Waals surface area contributed by atoms with E-state index in [9.17, 15) is 4.79 Å². The van der Waals surface area contributed by atoms with Crippen LogP contribution in [0.4, 0.5) is 0 Å². The highest BCUT2D eigenvalue weighted by Crippen LogP contribution is 2.20. The molecule has 0 aliphatic heterocycles. The lowest BCUT2D eigenvalue weighted by atomic mass is 10.1. The molecule has 0 aliphatic rings. The number of amides is 1. The molecular formula is C12H21Cl2N3O3. The smallest absolute Gasteiger partial charge is 0.229 e. The highest BCUT2D eigenvalue weighted by molar-refractivity contribution is 6.29. The van der Waals surface area contributed by atoms with Crippen molar-refractivity contribution in [1.82, 2.24) is 15.8 Å². The molecule has 116 valence electrons. The van der Waals surface area contributed by atoms with E-state index in [1.54, 1.807) is 7.11 Å². The Morgan fingerprint density at radius 3 is 2.75 bits per heavy atom. The van der Waals surface area contributed by atoms with Crippen molar-refractivity contribution >= 4 is 29.9 Å². The normalized spacial score (nSPS) is 10.2. The Balaban J connectivity index is 0.00000361. The molecule has 1 rings (SSSR count). The molecule has 6 nitrogen and oxygen atoms in total. The number of carbonyl (C=O) groups is 1. The summed E-state index contributed by atoms with van der Waals surface area (Å²) in [6, 6.07) is 0. The van der Waals surface area contributed by atoms with Crippen LogP contribution in [-0.2, 0) is 16.0 Å². The SMILES string of the molecule is COCCNCCNC(=O)CCc1c(C)noc1Cl.Cl. The van der Waals surface area contributed by atoms with Crippen LogP contribution in [0.1, 0.15) is 17.7 Å². The Morgan fingerprint density at radius 1 is 1.40 bits per heavy atom. The van der Waals surface area contributed by atoms with E-state index >= 15 is 0 Å². The minimum absolute atomic E-state index is 0. The highest BCUT2D eigenvalue weighted by atomic mass is 35.5. The van der Waals surface area contributed by atoms with Crippen LogP contribution in [-0.4, -0.2) is 44.4 Å². The number of ether oxygens (including phenoxy) is 1. The van der Waals surface area contributed by atoms with Crippen LogP contribution in [0.5, 0.6) is 0 Å². The summed E-state index contributed by atoms with van der Waals surface area (Å²) in [6.45, 7) is 4.57. The summed E-state index contributed by atoms with van der Waals surface area (Å²) in [5.74, 6) is -0.00907. The van der Waals surface area contributed by atoms with E-state index in [-0.39, 0.29) is 23.5 Å². The first-order valence-corrected chi connectivity index (χ1v) is 6.60. The second-order valence-corrected chi connectivity index (χ2v) is 4.46. The molecule has 0 fully saturated rings. The minimum atomic E-state index is -0.00907. The van der Waals surface area contributed by atoms with Gasteiger partial charge in [-0.05, 0) is 24.9 Å². The molecule has 8 heteroatoms. The van der Waals surface area contributed by atoms with Crippen molar-refractivity contribution < 1.29 is 14.1 Å². The first-order chi connectivity index (χ1) is 9.15. The number of hydrogen-bond donors (Lipinski definition) is 2. The summed E-state index contributed by atoms with van der Waals surface area (Å²) in [4.78, 5) is 11.6. The molecule has 2 N–H and O–H groups in total. The fourth-order valence-corrected chi connectivity index (χ4v) is 1.82. The molecule has 20 heavy (non-hydrogen) atoms.